The van der Waals surface area contributed by atoms with E-state index in [1.807, 2.05) is 0 Å². The van der Waals surface area contributed by atoms with Crippen LogP contribution in [0.3, 0.4) is 0 Å². The van der Waals surface area contributed by atoms with Crippen LogP contribution >= 0.6 is 23.2 Å². The third-order valence-electron chi connectivity index (χ3n) is 2.50. The fraction of sp³-hybridized carbons (Fsp3) is 0.0769. The van der Waals surface area contributed by atoms with Crippen molar-refractivity contribution in [2.45, 2.75) is 6.18 Å². The maximum absolute atomic E-state index is 12.5. The van der Waals surface area contributed by atoms with E-state index in [-0.39, 0.29) is 16.4 Å². The number of alkyl halides is 3. The van der Waals surface area contributed by atoms with Crippen molar-refractivity contribution < 1.29 is 18.0 Å². The van der Waals surface area contributed by atoms with Gasteiger partial charge in [0.1, 0.15) is 5.69 Å². The Morgan fingerprint density at radius 1 is 1.14 bits per heavy atom. The van der Waals surface area contributed by atoms with E-state index < -0.39 is 17.6 Å². The van der Waals surface area contributed by atoms with Crippen LogP contribution in [0.5, 0.6) is 0 Å². The monoisotopic (exact) mass is 334 g/mol. The molecule has 21 heavy (non-hydrogen) atoms. The lowest BCUT2D eigenvalue weighted by molar-refractivity contribution is -0.137. The first-order chi connectivity index (χ1) is 9.77. The van der Waals surface area contributed by atoms with Crippen molar-refractivity contribution in [1.82, 2.24) is 4.98 Å². The first kappa shape index (κ1) is 15.6. The van der Waals surface area contributed by atoms with Crippen molar-refractivity contribution in [3.63, 3.8) is 0 Å². The van der Waals surface area contributed by atoms with Crippen molar-refractivity contribution in [2.75, 3.05) is 5.32 Å². The van der Waals surface area contributed by atoms with Crippen LogP contribution in [0.4, 0.5) is 18.9 Å². The molecule has 2 rings (SSSR count). The fourth-order valence-electron chi connectivity index (χ4n) is 1.51. The lowest BCUT2D eigenvalue weighted by Crippen LogP contribution is -2.14. The number of pyridine rings is 1. The van der Waals surface area contributed by atoms with E-state index in [9.17, 15) is 18.0 Å². The van der Waals surface area contributed by atoms with E-state index >= 15 is 0 Å². The van der Waals surface area contributed by atoms with Crippen LogP contribution in [0.1, 0.15) is 16.1 Å². The summed E-state index contributed by atoms with van der Waals surface area (Å²) in [6, 6.07) is 5.46. The Morgan fingerprint density at radius 3 is 2.43 bits per heavy atom. The number of hydrogen-bond donors (Lipinski definition) is 1. The molecular weight excluding hydrogens is 328 g/mol. The van der Waals surface area contributed by atoms with Crippen molar-refractivity contribution in [1.29, 1.82) is 0 Å². The predicted octanol–water partition coefficient (Wildman–Crippen LogP) is 4.66. The normalized spacial score (nSPS) is 11.3. The molecular formula is C13H7Cl2F3N2O. The van der Waals surface area contributed by atoms with Crippen LogP contribution in [-0.2, 0) is 6.18 Å². The molecule has 0 saturated heterocycles. The van der Waals surface area contributed by atoms with Gasteiger partial charge in [-0.15, -0.1) is 0 Å². The standard InChI is InChI=1S/C13H7Cl2F3N2O/c14-8-3-4-19-11(6-8)12(21)20-10-2-1-7(5-9(10)15)13(16,17)18/h1-6H,(H,20,21). The Bertz CT molecular complexity index is 689. The fourth-order valence-corrected chi connectivity index (χ4v) is 1.90. The van der Waals surface area contributed by atoms with Crippen molar-refractivity contribution >= 4 is 34.8 Å². The summed E-state index contributed by atoms with van der Waals surface area (Å²) >= 11 is 11.5. The summed E-state index contributed by atoms with van der Waals surface area (Å²) in [7, 11) is 0. The average Bonchev–Trinajstić information content (AvgIpc) is 2.39. The summed E-state index contributed by atoms with van der Waals surface area (Å²) in [5, 5.41) is 2.46. The Labute approximate surface area is 127 Å². The molecule has 1 N–H and O–H groups in total. The van der Waals surface area contributed by atoms with Crippen molar-refractivity contribution in [2.24, 2.45) is 0 Å². The third-order valence-corrected chi connectivity index (χ3v) is 3.05. The number of anilines is 1. The average molecular weight is 335 g/mol. The van der Waals surface area contributed by atoms with Gasteiger partial charge >= 0.3 is 6.18 Å². The van der Waals surface area contributed by atoms with Crippen LogP contribution in [0.15, 0.2) is 36.5 Å². The van der Waals surface area contributed by atoms with Gasteiger partial charge < -0.3 is 5.32 Å². The number of carbonyl (C=O) groups excluding carboxylic acids is 1. The molecule has 1 amide bonds. The highest BCUT2D eigenvalue weighted by Gasteiger charge is 2.31. The van der Waals surface area contributed by atoms with Gasteiger partial charge in [0.2, 0.25) is 0 Å². The Kier molecular flexibility index (Phi) is 4.39. The molecule has 1 aromatic heterocycles. The highest BCUT2D eigenvalue weighted by atomic mass is 35.5. The lowest BCUT2D eigenvalue weighted by Gasteiger charge is -2.10. The Morgan fingerprint density at radius 2 is 1.86 bits per heavy atom. The van der Waals surface area contributed by atoms with Gasteiger partial charge in [0.25, 0.3) is 5.91 Å². The van der Waals surface area contributed by atoms with Gasteiger partial charge in [-0.1, -0.05) is 23.2 Å². The Balaban J connectivity index is 2.22. The second-order valence-electron chi connectivity index (χ2n) is 4.01. The number of halogens is 5. The molecule has 8 heteroatoms. The molecule has 2 aromatic rings. The molecule has 0 radical (unpaired) electrons. The van der Waals surface area contributed by atoms with E-state index in [0.717, 1.165) is 18.2 Å². The highest BCUT2D eigenvalue weighted by molar-refractivity contribution is 6.34. The first-order valence-electron chi connectivity index (χ1n) is 5.57. The van der Waals surface area contributed by atoms with Crippen molar-refractivity contribution in [3.05, 3.63) is 57.8 Å². The van der Waals surface area contributed by atoms with Gasteiger partial charge in [-0.05, 0) is 30.3 Å². The van der Waals surface area contributed by atoms with E-state index in [4.69, 9.17) is 23.2 Å². The highest BCUT2D eigenvalue weighted by Crippen LogP contribution is 2.33. The minimum absolute atomic E-state index is 0.0264. The maximum atomic E-state index is 12.5. The molecule has 0 atom stereocenters. The van der Waals surface area contributed by atoms with Crippen LogP contribution in [0.25, 0.3) is 0 Å². The quantitative estimate of drug-likeness (QED) is 0.867. The number of nitrogens with one attached hydrogen (secondary N) is 1. The van der Waals surface area contributed by atoms with Gasteiger partial charge in [-0.3, -0.25) is 9.78 Å². The minimum atomic E-state index is -4.50. The molecule has 1 aromatic carbocycles. The number of benzene rings is 1. The summed E-state index contributed by atoms with van der Waals surface area (Å²) in [5.41, 5.74) is -0.818. The number of nitrogens with zero attached hydrogens (tertiary/aromatic N) is 1. The number of aromatic nitrogens is 1. The molecule has 1 heterocycles. The zero-order chi connectivity index (χ0) is 15.6. The third kappa shape index (κ3) is 3.86. The molecule has 0 aliphatic carbocycles. The molecule has 0 aliphatic heterocycles. The zero-order valence-electron chi connectivity index (χ0n) is 10.2. The lowest BCUT2D eigenvalue weighted by atomic mass is 10.2. The van der Waals surface area contributed by atoms with Gasteiger partial charge in [-0.2, -0.15) is 13.2 Å². The number of amides is 1. The predicted molar refractivity (Wildman–Crippen MR) is 73.7 cm³/mol. The number of hydrogen-bond acceptors (Lipinski definition) is 2. The van der Waals surface area contributed by atoms with Crippen LogP contribution in [0, 0.1) is 0 Å². The van der Waals surface area contributed by atoms with Gasteiger partial charge in [0.15, 0.2) is 0 Å². The van der Waals surface area contributed by atoms with Crippen LogP contribution in [0.2, 0.25) is 10.0 Å². The van der Waals surface area contributed by atoms with Gasteiger partial charge in [0, 0.05) is 11.2 Å². The summed E-state index contributed by atoms with van der Waals surface area (Å²) in [4.78, 5) is 15.7. The minimum Gasteiger partial charge on any atom is -0.319 e. The maximum Gasteiger partial charge on any atom is 0.416 e. The van der Waals surface area contributed by atoms with Crippen molar-refractivity contribution in [3.8, 4) is 0 Å². The van der Waals surface area contributed by atoms with Crippen LogP contribution in [-0.4, -0.2) is 10.9 Å². The van der Waals surface area contributed by atoms with E-state index in [0.29, 0.717) is 5.02 Å². The van der Waals surface area contributed by atoms with Gasteiger partial charge in [0.05, 0.1) is 16.3 Å². The molecule has 0 bridgehead atoms. The van der Waals surface area contributed by atoms with E-state index in [1.165, 1.54) is 18.3 Å². The summed E-state index contributed by atoms with van der Waals surface area (Å²) in [5.74, 6) is -0.626. The smallest absolute Gasteiger partial charge is 0.319 e. The Hall–Kier alpha value is -1.79. The summed E-state index contributed by atoms with van der Waals surface area (Å²) in [6.45, 7) is 0. The second kappa shape index (κ2) is 5.91. The molecule has 0 fully saturated rings. The first-order valence-corrected chi connectivity index (χ1v) is 6.32. The zero-order valence-corrected chi connectivity index (χ0v) is 11.7. The molecule has 3 nitrogen and oxygen atoms in total. The van der Waals surface area contributed by atoms with Gasteiger partial charge in [-0.25, -0.2) is 0 Å². The molecule has 110 valence electrons. The topological polar surface area (TPSA) is 42.0 Å². The molecule has 0 unspecified atom stereocenters. The van der Waals surface area contributed by atoms with E-state index in [1.54, 1.807) is 0 Å². The second-order valence-corrected chi connectivity index (χ2v) is 4.85. The van der Waals surface area contributed by atoms with E-state index in [2.05, 4.69) is 10.3 Å². The van der Waals surface area contributed by atoms with Crippen LogP contribution < -0.4 is 5.32 Å². The summed E-state index contributed by atoms with van der Waals surface area (Å²) < 4.78 is 37.5. The largest absolute Gasteiger partial charge is 0.416 e. The molecule has 0 aliphatic rings. The number of carbonyl (C=O) groups is 1. The number of rotatable bonds is 2. The summed E-state index contributed by atoms with van der Waals surface area (Å²) in [6.07, 6.45) is -3.16. The molecule has 0 spiro atoms. The molecule has 0 saturated carbocycles. The SMILES string of the molecule is O=C(Nc1ccc(C(F)(F)F)cc1Cl)c1cc(Cl)ccn1.